The molecule has 102 valence electrons. The molecular formula is C13H9ClN2O2S2. The minimum atomic E-state index is -0.150. The lowest BCUT2D eigenvalue weighted by Gasteiger charge is -2.09. The molecule has 0 spiro atoms. The summed E-state index contributed by atoms with van der Waals surface area (Å²) in [5, 5.41) is 2.33. The fourth-order valence-corrected chi connectivity index (χ4v) is 3.23. The fraction of sp³-hybridized carbons (Fsp3) is 0.0769. The standard InChI is InChI=1S/C13H9ClN2O2S2/c1-18-10-6-7(2-3-8(10)14)16-12(17)11-9(4-5-20-11)15-13(16)19/h2-6H,1H3,(H,15,19). The summed E-state index contributed by atoms with van der Waals surface area (Å²) in [6.07, 6.45) is 0. The molecule has 2 heterocycles. The van der Waals surface area contributed by atoms with Crippen molar-refractivity contribution >= 4 is 45.4 Å². The Labute approximate surface area is 128 Å². The Kier molecular flexibility index (Phi) is 3.37. The molecule has 1 aromatic carbocycles. The smallest absolute Gasteiger partial charge is 0.276 e. The molecule has 2 aromatic heterocycles. The average Bonchev–Trinajstić information content (AvgIpc) is 2.89. The van der Waals surface area contributed by atoms with Crippen LogP contribution in [-0.4, -0.2) is 16.7 Å². The summed E-state index contributed by atoms with van der Waals surface area (Å²) < 4.78 is 7.58. The summed E-state index contributed by atoms with van der Waals surface area (Å²) in [6, 6.07) is 6.93. The number of benzene rings is 1. The number of aromatic nitrogens is 2. The summed E-state index contributed by atoms with van der Waals surface area (Å²) in [7, 11) is 1.52. The van der Waals surface area contributed by atoms with Crippen molar-refractivity contribution in [3.8, 4) is 11.4 Å². The van der Waals surface area contributed by atoms with E-state index in [9.17, 15) is 4.79 Å². The molecule has 0 aliphatic carbocycles. The largest absolute Gasteiger partial charge is 0.495 e. The predicted octanol–water partition coefficient (Wildman–Crippen LogP) is 3.77. The van der Waals surface area contributed by atoms with E-state index in [1.54, 1.807) is 18.2 Å². The third-order valence-electron chi connectivity index (χ3n) is 2.90. The van der Waals surface area contributed by atoms with E-state index < -0.39 is 0 Å². The van der Waals surface area contributed by atoms with Crippen LogP contribution in [0.1, 0.15) is 0 Å². The van der Waals surface area contributed by atoms with E-state index in [2.05, 4.69) is 4.98 Å². The number of thiophene rings is 1. The van der Waals surface area contributed by atoms with Gasteiger partial charge < -0.3 is 9.72 Å². The number of fused-ring (bicyclic) bond motifs is 1. The Bertz CT molecular complexity index is 911. The van der Waals surface area contributed by atoms with Crippen molar-refractivity contribution in [2.24, 2.45) is 0 Å². The first kappa shape index (κ1) is 13.4. The molecule has 7 heteroatoms. The summed E-state index contributed by atoms with van der Waals surface area (Å²) in [6.45, 7) is 0. The minimum Gasteiger partial charge on any atom is -0.495 e. The van der Waals surface area contributed by atoms with E-state index in [0.717, 1.165) is 5.52 Å². The SMILES string of the molecule is COc1cc(-n2c(=S)[nH]c3ccsc3c2=O)ccc1Cl. The lowest BCUT2D eigenvalue weighted by atomic mass is 10.3. The molecule has 3 aromatic rings. The summed E-state index contributed by atoms with van der Waals surface area (Å²) >= 11 is 12.6. The van der Waals surface area contributed by atoms with Crippen LogP contribution in [0.3, 0.4) is 0 Å². The zero-order valence-corrected chi connectivity index (χ0v) is 12.7. The zero-order chi connectivity index (χ0) is 14.3. The van der Waals surface area contributed by atoms with Crippen molar-refractivity contribution < 1.29 is 4.74 Å². The van der Waals surface area contributed by atoms with E-state index in [0.29, 0.717) is 25.9 Å². The van der Waals surface area contributed by atoms with E-state index in [1.165, 1.54) is 23.0 Å². The molecule has 0 radical (unpaired) electrons. The first-order valence-corrected chi connectivity index (χ1v) is 7.35. The van der Waals surface area contributed by atoms with Gasteiger partial charge in [0.1, 0.15) is 10.4 Å². The van der Waals surface area contributed by atoms with Crippen molar-refractivity contribution in [1.29, 1.82) is 0 Å². The Morgan fingerprint density at radius 1 is 1.40 bits per heavy atom. The molecule has 0 fully saturated rings. The first-order chi connectivity index (χ1) is 9.61. The molecule has 4 nitrogen and oxygen atoms in total. The van der Waals surface area contributed by atoms with Gasteiger partial charge in [-0.3, -0.25) is 9.36 Å². The van der Waals surface area contributed by atoms with Gasteiger partial charge in [-0.1, -0.05) is 11.6 Å². The molecule has 0 atom stereocenters. The van der Waals surface area contributed by atoms with Gasteiger partial charge in [-0.2, -0.15) is 0 Å². The number of rotatable bonds is 2. The maximum Gasteiger partial charge on any atom is 0.276 e. The van der Waals surface area contributed by atoms with Gasteiger partial charge in [0.25, 0.3) is 5.56 Å². The number of hydrogen-bond acceptors (Lipinski definition) is 4. The second-order valence-corrected chi connectivity index (χ2v) is 5.76. The van der Waals surface area contributed by atoms with Gasteiger partial charge >= 0.3 is 0 Å². The highest BCUT2D eigenvalue weighted by atomic mass is 35.5. The number of ether oxygens (including phenoxy) is 1. The van der Waals surface area contributed by atoms with Gasteiger partial charge in [0.15, 0.2) is 4.77 Å². The molecule has 0 saturated heterocycles. The Morgan fingerprint density at radius 3 is 2.95 bits per heavy atom. The lowest BCUT2D eigenvalue weighted by molar-refractivity contribution is 0.415. The molecule has 0 bridgehead atoms. The first-order valence-electron chi connectivity index (χ1n) is 5.68. The second kappa shape index (κ2) is 5.05. The minimum absolute atomic E-state index is 0.150. The highest BCUT2D eigenvalue weighted by Crippen LogP contribution is 2.26. The van der Waals surface area contributed by atoms with Gasteiger partial charge in [-0.25, -0.2) is 0 Å². The maximum absolute atomic E-state index is 12.5. The number of hydrogen-bond donors (Lipinski definition) is 1. The third kappa shape index (κ3) is 2.06. The van der Waals surface area contributed by atoms with Crippen LogP contribution in [-0.2, 0) is 0 Å². The van der Waals surface area contributed by atoms with Gasteiger partial charge in [-0.15, -0.1) is 11.3 Å². The highest BCUT2D eigenvalue weighted by molar-refractivity contribution is 7.71. The summed E-state index contributed by atoms with van der Waals surface area (Å²) in [4.78, 5) is 15.6. The summed E-state index contributed by atoms with van der Waals surface area (Å²) in [5.41, 5.74) is 1.22. The van der Waals surface area contributed by atoms with Crippen LogP contribution in [0.15, 0.2) is 34.4 Å². The van der Waals surface area contributed by atoms with Gasteiger partial charge in [0.05, 0.1) is 23.3 Å². The van der Waals surface area contributed by atoms with Crippen LogP contribution >= 0.6 is 35.2 Å². The topological polar surface area (TPSA) is 47.0 Å². The molecule has 0 unspecified atom stereocenters. The van der Waals surface area contributed by atoms with Crippen LogP contribution < -0.4 is 10.3 Å². The second-order valence-electron chi connectivity index (χ2n) is 4.05. The molecular weight excluding hydrogens is 316 g/mol. The summed E-state index contributed by atoms with van der Waals surface area (Å²) in [5.74, 6) is 0.497. The molecule has 0 saturated carbocycles. The van der Waals surface area contributed by atoms with E-state index in [4.69, 9.17) is 28.6 Å². The maximum atomic E-state index is 12.5. The normalized spacial score (nSPS) is 10.9. The van der Waals surface area contributed by atoms with Crippen LogP contribution in [0.25, 0.3) is 15.9 Å². The zero-order valence-electron chi connectivity index (χ0n) is 10.3. The lowest BCUT2D eigenvalue weighted by Crippen LogP contribution is -2.19. The molecule has 3 rings (SSSR count). The van der Waals surface area contributed by atoms with Crippen molar-refractivity contribution in [2.75, 3.05) is 7.11 Å². The van der Waals surface area contributed by atoms with Gasteiger partial charge in [0, 0.05) is 6.07 Å². The third-order valence-corrected chi connectivity index (χ3v) is 4.40. The number of aromatic amines is 1. The Morgan fingerprint density at radius 2 is 2.20 bits per heavy atom. The van der Waals surface area contributed by atoms with E-state index in [-0.39, 0.29) is 5.56 Å². The fourth-order valence-electron chi connectivity index (χ4n) is 1.96. The molecule has 20 heavy (non-hydrogen) atoms. The molecule has 0 amide bonds. The average molecular weight is 325 g/mol. The van der Waals surface area contributed by atoms with Crippen molar-refractivity contribution in [3.63, 3.8) is 0 Å². The molecule has 1 N–H and O–H groups in total. The highest BCUT2D eigenvalue weighted by Gasteiger charge is 2.10. The van der Waals surface area contributed by atoms with Crippen LogP contribution in [0.5, 0.6) is 5.75 Å². The number of halogens is 1. The predicted molar refractivity (Wildman–Crippen MR) is 84.2 cm³/mol. The van der Waals surface area contributed by atoms with Crippen molar-refractivity contribution in [3.05, 3.63) is 49.8 Å². The number of nitrogens with one attached hydrogen (secondary N) is 1. The van der Waals surface area contributed by atoms with Crippen LogP contribution in [0, 0.1) is 4.77 Å². The van der Waals surface area contributed by atoms with E-state index >= 15 is 0 Å². The molecule has 0 aliphatic rings. The Balaban J connectivity index is 2.34. The van der Waals surface area contributed by atoms with Crippen LogP contribution in [0.2, 0.25) is 5.02 Å². The number of nitrogens with zero attached hydrogens (tertiary/aromatic N) is 1. The Hall–Kier alpha value is -1.63. The van der Waals surface area contributed by atoms with Crippen molar-refractivity contribution in [2.45, 2.75) is 0 Å². The van der Waals surface area contributed by atoms with E-state index in [1.807, 2.05) is 11.4 Å². The van der Waals surface area contributed by atoms with Gasteiger partial charge in [0.2, 0.25) is 0 Å². The number of H-pyrrole nitrogens is 1. The van der Waals surface area contributed by atoms with Gasteiger partial charge in [-0.05, 0) is 35.8 Å². The molecule has 0 aliphatic heterocycles. The monoisotopic (exact) mass is 324 g/mol. The number of methoxy groups -OCH3 is 1. The van der Waals surface area contributed by atoms with Crippen molar-refractivity contribution in [1.82, 2.24) is 9.55 Å². The van der Waals surface area contributed by atoms with Crippen LogP contribution in [0.4, 0.5) is 0 Å². The quantitative estimate of drug-likeness (QED) is 0.730.